The van der Waals surface area contributed by atoms with E-state index < -0.39 is 0 Å². The number of hydrogen-bond acceptors (Lipinski definition) is 3. The van der Waals surface area contributed by atoms with Gasteiger partial charge in [0, 0.05) is 47.1 Å². The van der Waals surface area contributed by atoms with Crippen LogP contribution in [0.1, 0.15) is 53.0 Å². The summed E-state index contributed by atoms with van der Waals surface area (Å²) in [5.74, 6) is -0.694. The van der Waals surface area contributed by atoms with Crippen molar-refractivity contribution >= 4 is 28.6 Å². The van der Waals surface area contributed by atoms with Crippen molar-refractivity contribution in [3.8, 4) is 0 Å². The van der Waals surface area contributed by atoms with Gasteiger partial charge in [-0.1, -0.05) is 43.3 Å². The molecule has 3 N–H and O–H groups in total. The molecule has 0 bridgehead atoms. The highest BCUT2D eigenvalue weighted by atomic mass is 16.2. The molecule has 1 aromatic heterocycles. The van der Waals surface area contributed by atoms with Gasteiger partial charge in [-0.15, -0.1) is 0 Å². The van der Waals surface area contributed by atoms with Crippen LogP contribution in [0.3, 0.4) is 0 Å². The van der Waals surface area contributed by atoms with E-state index in [2.05, 4.69) is 15.8 Å². The van der Waals surface area contributed by atoms with Crippen LogP contribution in [-0.2, 0) is 9.59 Å². The van der Waals surface area contributed by atoms with Crippen LogP contribution in [-0.4, -0.2) is 34.2 Å². The molecule has 0 radical (unpaired) electrons. The number of nitrogens with zero attached hydrogens (tertiary/aromatic N) is 1. The molecule has 4 rings (SSSR count). The molecule has 0 saturated heterocycles. The van der Waals surface area contributed by atoms with Gasteiger partial charge in [-0.25, -0.2) is 0 Å². The molecule has 0 aliphatic carbocycles. The molecule has 154 valence electrons. The minimum absolute atomic E-state index is 0.0849. The van der Waals surface area contributed by atoms with E-state index in [1.165, 1.54) is 0 Å². The fourth-order valence-corrected chi connectivity index (χ4v) is 4.08. The molecule has 7 nitrogen and oxygen atoms in total. The number of aromatic amines is 1. The molecule has 3 aromatic rings. The molecule has 2 aromatic carbocycles. The van der Waals surface area contributed by atoms with Crippen molar-refractivity contribution in [1.29, 1.82) is 0 Å². The zero-order valence-electron chi connectivity index (χ0n) is 17.0. The highest BCUT2D eigenvalue weighted by Gasteiger charge is 2.39. The molecule has 0 unspecified atom stereocenters. The number of hydrogen-bond donors (Lipinski definition) is 3. The molecule has 1 aliphatic heterocycles. The topological polar surface area (TPSA) is 94.3 Å². The maximum absolute atomic E-state index is 13.2. The number of amides is 3. The zero-order chi connectivity index (χ0) is 21.3. The van der Waals surface area contributed by atoms with Crippen LogP contribution in [0, 0.1) is 6.92 Å². The van der Waals surface area contributed by atoms with E-state index in [0.29, 0.717) is 5.56 Å². The Kier molecular flexibility index (Phi) is 5.27. The standard InChI is InChI=1S/C23H24N4O3/c1-3-19(28)25-26-20(29)12-13-27-22(15-8-4-5-9-16(15)23(27)30)21-14(2)24-18-11-7-6-10-17(18)21/h4-11,22,24H,3,12-13H2,1-2H3,(H,25,28)(H,26,29)/t22-/m0/s1. The van der Waals surface area contributed by atoms with Gasteiger partial charge in [0.2, 0.25) is 11.8 Å². The predicted octanol–water partition coefficient (Wildman–Crippen LogP) is 2.97. The summed E-state index contributed by atoms with van der Waals surface area (Å²) in [4.78, 5) is 41.9. The Morgan fingerprint density at radius 2 is 1.73 bits per heavy atom. The van der Waals surface area contributed by atoms with E-state index >= 15 is 0 Å². The number of nitrogens with one attached hydrogen (secondary N) is 3. The average molecular weight is 404 g/mol. The van der Waals surface area contributed by atoms with Gasteiger partial charge in [0.05, 0.1) is 6.04 Å². The number of para-hydroxylation sites is 1. The lowest BCUT2D eigenvalue weighted by atomic mass is 9.95. The van der Waals surface area contributed by atoms with Gasteiger partial charge in [0.15, 0.2) is 0 Å². The van der Waals surface area contributed by atoms with E-state index in [1.807, 2.05) is 55.5 Å². The fourth-order valence-electron chi connectivity index (χ4n) is 4.08. The molecule has 2 heterocycles. The number of carbonyl (C=O) groups is 3. The van der Waals surface area contributed by atoms with Crippen LogP contribution >= 0.6 is 0 Å². The molecule has 0 spiro atoms. The maximum Gasteiger partial charge on any atom is 0.255 e. The number of aromatic nitrogens is 1. The van der Waals surface area contributed by atoms with Crippen LogP contribution in [0.25, 0.3) is 10.9 Å². The van der Waals surface area contributed by atoms with E-state index in [9.17, 15) is 14.4 Å². The number of fused-ring (bicyclic) bond motifs is 2. The predicted molar refractivity (Wildman–Crippen MR) is 114 cm³/mol. The van der Waals surface area contributed by atoms with Gasteiger partial charge >= 0.3 is 0 Å². The van der Waals surface area contributed by atoms with E-state index in [-0.39, 0.29) is 43.1 Å². The summed E-state index contributed by atoms with van der Waals surface area (Å²) in [7, 11) is 0. The van der Waals surface area contributed by atoms with Crippen molar-refractivity contribution in [3.05, 3.63) is 70.9 Å². The van der Waals surface area contributed by atoms with Gasteiger partial charge in [-0.3, -0.25) is 25.2 Å². The normalized spacial score (nSPS) is 15.3. The van der Waals surface area contributed by atoms with Crippen LogP contribution < -0.4 is 10.9 Å². The Bertz CT molecular complexity index is 1130. The lowest BCUT2D eigenvalue weighted by Crippen LogP contribution is -2.43. The Balaban J connectivity index is 1.66. The Morgan fingerprint density at radius 1 is 1.03 bits per heavy atom. The van der Waals surface area contributed by atoms with Gasteiger partial charge in [-0.05, 0) is 24.6 Å². The number of benzene rings is 2. The second-order valence-electron chi connectivity index (χ2n) is 7.40. The summed E-state index contributed by atoms with van der Waals surface area (Å²) in [6, 6.07) is 15.3. The molecule has 1 aliphatic rings. The number of rotatable bonds is 5. The van der Waals surface area contributed by atoms with E-state index in [1.54, 1.807) is 11.8 Å². The third-order valence-electron chi connectivity index (χ3n) is 5.52. The first-order valence-electron chi connectivity index (χ1n) is 10.1. The molecule has 0 saturated carbocycles. The highest BCUT2D eigenvalue weighted by molar-refractivity contribution is 6.01. The third-order valence-corrected chi connectivity index (χ3v) is 5.52. The van der Waals surface area contributed by atoms with Gasteiger partial charge < -0.3 is 9.88 Å². The fraction of sp³-hybridized carbons (Fsp3) is 0.261. The highest BCUT2D eigenvalue weighted by Crippen LogP contribution is 2.42. The number of aryl methyl sites for hydroxylation is 1. The van der Waals surface area contributed by atoms with Crippen LogP contribution in [0.2, 0.25) is 0 Å². The molecular weight excluding hydrogens is 380 g/mol. The summed E-state index contributed by atoms with van der Waals surface area (Å²) in [6.45, 7) is 3.95. The lowest BCUT2D eigenvalue weighted by molar-refractivity contribution is -0.128. The van der Waals surface area contributed by atoms with Gasteiger partial charge in [0.1, 0.15) is 0 Å². The van der Waals surface area contributed by atoms with Crippen molar-refractivity contribution in [2.75, 3.05) is 6.54 Å². The van der Waals surface area contributed by atoms with Crippen LogP contribution in [0.4, 0.5) is 0 Å². The minimum Gasteiger partial charge on any atom is -0.358 e. The quantitative estimate of drug-likeness (QED) is 0.571. The third kappa shape index (κ3) is 3.43. The molecule has 30 heavy (non-hydrogen) atoms. The molecule has 3 amide bonds. The second kappa shape index (κ2) is 8.02. The van der Waals surface area contributed by atoms with E-state index in [4.69, 9.17) is 0 Å². The second-order valence-corrected chi connectivity index (χ2v) is 7.40. The summed E-state index contributed by atoms with van der Waals surface area (Å²) in [5.41, 5.74) is 9.42. The minimum atomic E-state index is -0.338. The number of H-pyrrole nitrogens is 1. The molecule has 7 heteroatoms. The first-order chi connectivity index (χ1) is 14.5. The Labute approximate surface area is 174 Å². The first kappa shape index (κ1) is 19.7. The lowest BCUT2D eigenvalue weighted by Gasteiger charge is -2.26. The summed E-state index contributed by atoms with van der Waals surface area (Å²) >= 11 is 0. The van der Waals surface area contributed by atoms with Crippen molar-refractivity contribution in [2.45, 2.75) is 32.7 Å². The number of carbonyl (C=O) groups excluding carboxylic acids is 3. The SMILES string of the molecule is CCC(=O)NNC(=O)CCN1C(=O)c2ccccc2[C@H]1c1c(C)[nH]c2ccccc12. The van der Waals surface area contributed by atoms with Crippen LogP contribution in [0.15, 0.2) is 48.5 Å². The zero-order valence-corrected chi connectivity index (χ0v) is 17.0. The Morgan fingerprint density at radius 3 is 2.53 bits per heavy atom. The van der Waals surface area contributed by atoms with Gasteiger partial charge in [0.25, 0.3) is 5.91 Å². The molecule has 0 fully saturated rings. The number of hydrazine groups is 1. The Hall–Kier alpha value is -3.61. The average Bonchev–Trinajstić information content (AvgIpc) is 3.23. The van der Waals surface area contributed by atoms with Crippen molar-refractivity contribution < 1.29 is 14.4 Å². The first-order valence-corrected chi connectivity index (χ1v) is 10.1. The summed E-state index contributed by atoms with van der Waals surface area (Å²) < 4.78 is 0. The molecular formula is C23H24N4O3. The largest absolute Gasteiger partial charge is 0.358 e. The van der Waals surface area contributed by atoms with E-state index in [0.717, 1.165) is 27.7 Å². The molecule has 1 atom stereocenters. The smallest absolute Gasteiger partial charge is 0.255 e. The van der Waals surface area contributed by atoms with Crippen molar-refractivity contribution in [3.63, 3.8) is 0 Å². The maximum atomic E-state index is 13.2. The van der Waals surface area contributed by atoms with Crippen LogP contribution in [0.5, 0.6) is 0 Å². The monoisotopic (exact) mass is 404 g/mol. The summed E-state index contributed by atoms with van der Waals surface area (Å²) in [5, 5.41) is 1.06. The van der Waals surface area contributed by atoms with Crippen molar-refractivity contribution in [2.24, 2.45) is 0 Å². The van der Waals surface area contributed by atoms with Crippen molar-refractivity contribution in [1.82, 2.24) is 20.7 Å². The van der Waals surface area contributed by atoms with Gasteiger partial charge in [-0.2, -0.15) is 0 Å². The summed E-state index contributed by atoms with van der Waals surface area (Å²) in [6.07, 6.45) is 0.365.